The Morgan fingerprint density at radius 1 is 1.00 bits per heavy atom. The van der Waals surface area contributed by atoms with Gasteiger partial charge in [0, 0.05) is 22.5 Å². The Balaban J connectivity index is 0. The van der Waals surface area contributed by atoms with Crippen LogP contribution in [-0.4, -0.2) is 17.5 Å². The van der Waals surface area contributed by atoms with E-state index in [4.69, 9.17) is 17.5 Å². The Hall–Kier alpha value is -0.461. The Bertz CT molecular complexity index is 240. The molecule has 0 aliphatic carbocycles. The van der Waals surface area contributed by atoms with E-state index < -0.39 is 10.4 Å². The first-order valence-electron chi connectivity index (χ1n) is 2.58. The van der Waals surface area contributed by atoms with E-state index >= 15 is 0 Å². The van der Waals surface area contributed by atoms with Gasteiger partial charge in [-0.25, -0.2) is 4.98 Å². The molecule has 0 amide bonds. The minimum Gasteiger partial charge on any atom is -0.759 e. The molecule has 1 N–H and O–H groups in total. The molecule has 0 fully saturated rings. The van der Waals surface area contributed by atoms with Crippen LogP contribution >= 0.6 is 0 Å². The summed E-state index contributed by atoms with van der Waals surface area (Å²) in [5.74, 6) is 0. The maximum absolute atomic E-state index is 8.52. The van der Waals surface area contributed by atoms with Gasteiger partial charge < -0.3 is 9.11 Å². The second kappa shape index (κ2) is 7.20. The maximum Gasteiger partial charge on any atom is 2.00 e. The predicted octanol–water partition coefficient (Wildman–Crippen LogP) is -0.840. The third-order valence-electron chi connectivity index (χ3n) is 0.607. The maximum atomic E-state index is 8.52. The van der Waals surface area contributed by atoms with Crippen molar-refractivity contribution in [1.29, 1.82) is 0 Å². The fraction of sp³-hybridized carbons (Fsp3) is 0. The van der Waals surface area contributed by atoms with E-state index in [1.807, 2.05) is 30.6 Å². The van der Waals surface area contributed by atoms with E-state index in [-0.39, 0.29) is 17.1 Å². The van der Waals surface area contributed by atoms with E-state index in [9.17, 15) is 0 Å². The van der Waals surface area contributed by atoms with Crippen LogP contribution in [0.4, 0.5) is 0 Å². The minimum absolute atomic E-state index is 0. The molecule has 0 atom stereocenters. The monoisotopic (exact) mass is 239 g/mol. The normalized spacial score (nSPS) is 8.83. The molecule has 0 bridgehead atoms. The molecule has 0 aromatic carbocycles. The fourth-order valence-electron chi connectivity index (χ4n) is 0.342. The van der Waals surface area contributed by atoms with Crippen molar-refractivity contribution in [2.75, 3.05) is 0 Å². The van der Waals surface area contributed by atoms with Crippen LogP contribution in [0.25, 0.3) is 0 Å². The van der Waals surface area contributed by atoms with Crippen molar-refractivity contribution < 1.29 is 39.6 Å². The molecule has 5 nitrogen and oxygen atoms in total. The van der Waals surface area contributed by atoms with Gasteiger partial charge >= 0.3 is 17.1 Å². The first-order chi connectivity index (χ1) is 5.00. The molecule has 0 saturated carbocycles. The summed E-state index contributed by atoms with van der Waals surface area (Å²) in [5.41, 5.74) is 0. The van der Waals surface area contributed by atoms with Crippen LogP contribution in [0.3, 0.4) is 0 Å². The number of rotatable bonds is 0. The largest absolute Gasteiger partial charge is 2.00 e. The Morgan fingerprint density at radius 3 is 1.42 bits per heavy atom. The van der Waals surface area contributed by atoms with Crippen molar-refractivity contribution in [2.45, 2.75) is 0 Å². The summed E-state index contributed by atoms with van der Waals surface area (Å²) >= 11 is 0. The van der Waals surface area contributed by atoms with E-state index in [1.165, 1.54) is 0 Å². The van der Waals surface area contributed by atoms with E-state index in [2.05, 4.69) is 4.98 Å². The van der Waals surface area contributed by atoms with Crippen molar-refractivity contribution in [3.63, 3.8) is 0 Å². The number of aromatic nitrogens is 1. The molecule has 0 aliphatic heterocycles. The van der Waals surface area contributed by atoms with Crippen LogP contribution < -0.4 is 4.98 Å². The Labute approximate surface area is 80.9 Å². The van der Waals surface area contributed by atoms with Gasteiger partial charge in [0.1, 0.15) is 0 Å². The van der Waals surface area contributed by atoms with Gasteiger partial charge in [-0.2, -0.15) is 0 Å². The molecular formula is C5H6CuNO4S+. The van der Waals surface area contributed by atoms with Crippen molar-refractivity contribution in [3.05, 3.63) is 30.6 Å². The predicted molar refractivity (Wildman–Crippen MR) is 33.5 cm³/mol. The summed E-state index contributed by atoms with van der Waals surface area (Å²) in [6, 6.07) is 5.86. The SMILES string of the molecule is O=S(=O)([O-])[O-].[Cu+2].c1cc[nH+]cc1. The Kier molecular flexibility index (Phi) is 8.45. The zero-order valence-electron chi connectivity index (χ0n) is 5.73. The molecule has 0 saturated heterocycles. The molecule has 1 heterocycles. The first-order valence-corrected chi connectivity index (χ1v) is 3.91. The van der Waals surface area contributed by atoms with Gasteiger partial charge in [-0.1, -0.05) is 6.07 Å². The molecule has 71 valence electrons. The van der Waals surface area contributed by atoms with Crippen molar-refractivity contribution in [3.8, 4) is 0 Å². The molecule has 1 rings (SSSR count). The van der Waals surface area contributed by atoms with Crippen LogP contribution in [0.5, 0.6) is 0 Å². The third kappa shape index (κ3) is 22.7. The third-order valence-corrected chi connectivity index (χ3v) is 0.607. The number of aromatic amines is 1. The molecule has 0 spiro atoms. The van der Waals surface area contributed by atoms with E-state index in [0.717, 1.165) is 0 Å². The quantitative estimate of drug-likeness (QED) is 0.335. The van der Waals surface area contributed by atoms with Gasteiger partial charge in [0.05, 0.1) is 0 Å². The van der Waals surface area contributed by atoms with E-state index in [1.54, 1.807) is 0 Å². The molecule has 0 unspecified atom stereocenters. The van der Waals surface area contributed by atoms with E-state index in [0.29, 0.717) is 0 Å². The molecule has 0 aliphatic rings. The summed E-state index contributed by atoms with van der Waals surface area (Å²) in [5, 5.41) is 0. The smallest absolute Gasteiger partial charge is 0.759 e. The molecular weight excluding hydrogens is 234 g/mol. The number of hydrogen-bond acceptors (Lipinski definition) is 4. The second-order valence-electron chi connectivity index (χ2n) is 1.49. The average molecular weight is 240 g/mol. The van der Waals surface area contributed by atoms with Crippen LogP contribution in [-0.2, 0) is 27.5 Å². The zero-order valence-corrected chi connectivity index (χ0v) is 7.49. The molecule has 1 aromatic rings. The molecule has 12 heavy (non-hydrogen) atoms. The van der Waals surface area contributed by atoms with Gasteiger partial charge in [-0.3, -0.25) is 8.42 Å². The first kappa shape index (κ1) is 14.1. The van der Waals surface area contributed by atoms with Gasteiger partial charge in [-0.05, 0) is 0 Å². The van der Waals surface area contributed by atoms with Crippen molar-refractivity contribution >= 4 is 10.4 Å². The van der Waals surface area contributed by atoms with Crippen molar-refractivity contribution in [2.24, 2.45) is 0 Å². The summed E-state index contributed by atoms with van der Waals surface area (Å²) in [4.78, 5) is 2.89. The number of hydrogen-bond donors (Lipinski definition) is 0. The van der Waals surface area contributed by atoms with Gasteiger partial charge in [-0.15, -0.1) is 0 Å². The van der Waals surface area contributed by atoms with Crippen molar-refractivity contribution in [1.82, 2.24) is 0 Å². The molecule has 7 heteroatoms. The summed E-state index contributed by atoms with van der Waals surface area (Å²) in [6.07, 6.45) is 3.75. The number of nitrogens with one attached hydrogen (secondary N) is 1. The van der Waals surface area contributed by atoms with Crippen LogP contribution in [0.15, 0.2) is 30.6 Å². The van der Waals surface area contributed by atoms with Crippen LogP contribution in [0, 0.1) is 0 Å². The van der Waals surface area contributed by atoms with Crippen LogP contribution in [0.2, 0.25) is 0 Å². The second-order valence-corrected chi connectivity index (χ2v) is 2.30. The van der Waals surface area contributed by atoms with Gasteiger partial charge in [0.2, 0.25) is 0 Å². The molecule has 1 radical (unpaired) electrons. The summed E-state index contributed by atoms with van der Waals surface area (Å²) in [6.45, 7) is 0. The van der Waals surface area contributed by atoms with Gasteiger partial charge in [0.25, 0.3) is 0 Å². The average Bonchev–Trinajstić information content (AvgIpc) is 1.88. The Morgan fingerprint density at radius 2 is 1.33 bits per heavy atom. The zero-order chi connectivity index (χ0) is 8.74. The molecule has 1 aromatic heterocycles. The topological polar surface area (TPSA) is 94.4 Å². The van der Waals surface area contributed by atoms with Crippen LogP contribution in [0.1, 0.15) is 0 Å². The number of H-pyrrole nitrogens is 1. The summed E-state index contributed by atoms with van der Waals surface area (Å²) < 4.78 is 34.1. The fourth-order valence-corrected chi connectivity index (χ4v) is 0.342. The van der Waals surface area contributed by atoms with Gasteiger partial charge in [0.15, 0.2) is 12.4 Å². The minimum atomic E-state index is -5.17. The standard InChI is InChI=1S/C5H5N.Cu.H2O4S/c1-2-4-6-5-3-1;;1-5(2,3)4/h1-5H;;(H2,1,2,3,4)/q;+2;/p-1. The number of pyridine rings is 1. The summed E-state index contributed by atoms with van der Waals surface area (Å²) in [7, 11) is -5.17.